The van der Waals surface area contributed by atoms with Crippen molar-refractivity contribution in [3.8, 4) is 28.6 Å². The molecule has 364 valence electrons. The molecule has 1 saturated heterocycles. The zero-order valence-electron chi connectivity index (χ0n) is 36.6. The van der Waals surface area contributed by atoms with E-state index in [-0.39, 0.29) is 74.2 Å². The van der Waals surface area contributed by atoms with Gasteiger partial charge >= 0.3 is 18.0 Å². The number of esters is 1. The second-order valence-electron chi connectivity index (χ2n) is 16.4. The van der Waals surface area contributed by atoms with E-state index >= 15 is 0 Å². The Labute approximate surface area is 385 Å². The standard InChI is InChI=1S/C43H47N5O19S/c1-4-43(58)25-11-28-33-22(14-48(28)38(53)24(25)17-62-41(43)56)23(21-10-30-31(65-19-64-30)12-26(21)46-33)16-61-18-47(7-8-68(3,59)60)42(57)63-15-20-5-6-29(27(9-20)45-32(49)13-44-2)66-40-36(52)34(50)35(51)37(67-40)39(54)55/h5-6,9-12,34-37,40,44,50-52,58H,4,7-8,13-19H2,1-3H3,(H,45,49)(H,54,55)/t34-,35-,36?,37?,40+,43-/m0/s1. The van der Waals surface area contributed by atoms with Crippen LogP contribution in [-0.2, 0) is 75.1 Å². The average Bonchev–Trinajstić information content (AvgIpc) is 3.92. The Morgan fingerprint density at radius 1 is 1.00 bits per heavy atom. The average molecular weight is 970 g/mol. The number of likely N-dealkylation sites (N-methyl/N-ethyl adjacent to an activating group) is 1. The highest BCUT2D eigenvalue weighted by Gasteiger charge is 2.49. The molecule has 0 radical (unpaired) electrons. The largest absolute Gasteiger partial charge is 0.479 e. The Balaban J connectivity index is 1.04. The predicted molar refractivity (Wildman–Crippen MR) is 231 cm³/mol. The molecule has 0 bridgehead atoms. The molecular weight excluding hydrogens is 923 g/mol. The van der Waals surface area contributed by atoms with Gasteiger partial charge in [0, 0.05) is 35.4 Å². The fourth-order valence-electron chi connectivity index (χ4n) is 8.19. The Kier molecular flexibility index (Phi) is 13.4. The maximum atomic E-state index is 14.0. The van der Waals surface area contributed by atoms with Gasteiger partial charge in [-0.25, -0.2) is 27.8 Å². The third-order valence-electron chi connectivity index (χ3n) is 11.9. The molecule has 0 saturated carbocycles. The van der Waals surface area contributed by atoms with Crippen molar-refractivity contribution in [2.24, 2.45) is 0 Å². The lowest BCUT2D eigenvalue weighted by Crippen LogP contribution is -2.61. The normalized spacial score (nSPS) is 22.5. The van der Waals surface area contributed by atoms with Gasteiger partial charge in [-0.1, -0.05) is 13.0 Å². The van der Waals surface area contributed by atoms with Gasteiger partial charge in [0.2, 0.25) is 19.0 Å². The number of sulfone groups is 1. The van der Waals surface area contributed by atoms with Crippen molar-refractivity contribution in [2.75, 3.05) is 51.0 Å². The van der Waals surface area contributed by atoms with E-state index in [0.717, 1.165) is 11.2 Å². The molecule has 4 aliphatic heterocycles. The third-order valence-corrected chi connectivity index (χ3v) is 12.8. The van der Waals surface area contributed by atoms with Gasteiger partial charge in [0.1, 0.15) is 53.8 Å². The van der Waals surface area contributed by atoms with E-state index in [9.17, 15) is 57.9 Å². The van der Waals surface area contributed by atoms with Crippen molar-refractivity contribution in [1.82, 2.24) is 19.8 Å². The zero-order chi connectivity index (χ0) is 48.8. The number of nitrogens with one attached hydrogen (secondary N) is 2. The van der Waals surface area contributed by atoms with Gasteiger partial charge in [-0.15, -0.1) is 0 Å². The van der Waals surface area contributed by atoms with Gasteiger partial charge in [-0.2, -0.15) is 0 Å². The van der Waals surface area contributed by atoms with Crippen LogP contribution < -0.4 is 30.4 Å². The maximum Gasteiger partial charge on any atom is 0.411 e. The number of aliphatic hydroxyl groups excluding tert-OH is 3. The number of benzene rings is 2. The number of amides is 2. The third kappa shape index (κ3) is 9.25. The number of pyridine rings is 2. The van der Waals surface area contributed by atoms with Crippen LogP contribution in [0.3, 0.4) is 0 Å². The number of aliphatic carboxylic acids is 1. The number of carboxylic acid groups (broad SMARTS) is 1. The lowest BCUT2D eigenvalue weighted by atomic mass is 9.86. The fraction of sp³-hybridized carbons (Fsp3) is 0.442. The summed E-state index contributed by atoms with van der Waals surface area (Å²) >= 11 is 0. The minimum atomic E-state index is -3.62. The lowest BCUT2D eigenvalue weighted by molar-refractivity contribution is -0.271. The zero-order valence-corrected chi connectivity index (χ0v) is 37.4. The highest BCUT2D eigenvalue weighted by Crippen LogP contribution is 2.43. The van der Waals surface area contributed by atoms with Crippen LogP contribution in [0.1, 0.15) is 41.2 Å². The Hall–Kier alpha value is -6.45. The van der Waals surface area contributed by atoms with Crippen molar-refractivity contribution in [2.45, 2.75) is 76.0 Å². The molecule has 6 heterocycles. The van der Waals surface area contributed by atoms with E-state index in [0.29, 0.717) is 44.9 Å². The van der Waals surface area contributed by atoms with Crippen LogP contribution in [0.15, 0.2) is 41.2 Å². The summed E-state index contributed by atoms with van der Waals surface area (Å²) in [6.07, 6.45) is -9.71. The number of ether oxygens (including phenoxy) is 7. The van der Waals surface area contributed by atoms with Crippen LogP contribution in [0.4, 0.5) is 10.5 Å². The first-order valence-corrected chi connectivity index (χ1v) is 23.1. The van der Waals surface area contributed by atoms with E-state index in [4.69, 9.17) is 38.1 Å². The van der Waals surface area contributed by atoms with Gasteiger partial charge in [0.25, 0.3) is 5.56 Å². The minimum absolute atomic E-state index is 0.00854. The van der Waals surface area contributed by atoms with Crippen LogP contribution in [0.5, 0.6) is 17.2 Å². The molecule has 2 unspecified atom stereocenters. The summed E-state index contributed by atoms with van der Waals surface area (Å²) in [7, 11) is -2.11. The quantitative estimate of drug-likeness (QED) is 0.0479. The summed E-state index contributed by atoms with van der Waals surface area (Å²) in [6, 6.07) is 8.95. The molecule has 1 fully saturated rings. The summed E-state index contributed by atoms with van der Waals surface area (Å²) in [4.78, 5) is 70.7. The van der Waals surface area contributed by atoms with Crippen LogP contribution in [0.2, 0.25) is 0 Å². The smallest absolute Gasteiger partial charge is 0.411 e. The molecule has 68 heavy (non-hydrogen) atoms. The molecule has 2 amide bonds. The molecule has 6 atom stereocenters. The number of aromatic nitrogens is 2. The molecule has 2 aromatic heterocycles. The van der Waals surface area contributed by atoms with Gasteiger partial charge in [0.05, 0.1) is 53.6 Å². The summed E-state index contributed by atoms with van der Waals surface area (Å²) in [5.41, 5.74) is 0.112. The number of hydrogen-bond donors (Lipinski definition) is 7. The van der Waals surface area contributed by atoms with Crippen LogP contribution in [0, 0.1) is 0 Å². The Morgan fingerprint density at radius 3 is 2.46 bits per heavy atom. The molecule has 2 aromatic carbocycles. The second kappa shape index (κ2) is 18.9. The molecule has 7 N–H and O–H groups in total. The van der Waals surface area contributed by atoms with Gasteiger partial charge in [-0.3, -0.25) is 14.5 Å². The van der Waals surface area contributed by atoms with E-state index in [2.05, 4.69) is 10.6 Å². The molecule has 0 spiro atoms. The summed E-state index contributed by atoms with van der Waals surface area (Å²) in [5.74, 6) is -2.89. The lowest BCUT2D eigenvalue weighted by Gasteiger charge is -2.38. The molecule has 4 aliphatic rings. The number of aliphatic hydroxyl groups is 4. The highest BCUT2D eigenvalue weighted by atomic mass is 32.2. The first kappa shape index (κ1) is 48.0. The number of cyclic esters (lactones) is 1. The first-order chi connectivity index (χ1) is 32.3. The molecule has 4 aromatic rings. The fourth-order valence-corrected chi connectivity index (χ4v) is 8.74. The number of carboxylic acids is 1. The first-order valence-electron chi connectivity index (χ1n) is 21.1. The second-order valence-corrected chi connectivity index (χ2v) is 18.7. The van der Waals surface area contributed by atoms with Crippen LogP contribution in [0.25, 0.3) is 22.3 Å². The Morgan fingerprint density at radius 2 is 1.75 bits per heavy atom. The van der Waals surface area contributed by atoms with E-state index < -0.39 is 94.7 Å². The maximum absolute atomic E-state index is 14.0. The number of rotatable bonds is 16. The number of nitrogens with zero attached hydrogens (tertiary/aromatic N) is 3. The SMILES string of the molecule is CC[C@@]1(O)C(=O)OCc2c1cc1n(c2=O)Cc2c-1nc1cc3c(cc1c2COCN(CCS(C)(=O)=O)C(=O)OCc1ccc(O[C@@H]2OC(C(=O)O)[C@@H](O)[C@H](O)C2O)c(NC(=O)CNC)c1)OCO3. The van der Waals surface area contributed by atoms with Crippen LogP contribution in [-0.4, -0.2) is 149 Å². The van der Waals surface area contributed by atoms with Crippen molar-refractivity contribution in [3.05, 3.63) is 74.6 Å². The van der Waals surface area contributed by atoms with E-state index in [1.165, 1.54) is 29.8 Å². The number of carbonyl (C=O) groups excluding carboxylic acids is 3. The van der Waals surface area contributed by atoms with Crippen molar-refractivity contribution < 1.29 is 86.3 Å². The van der Waals surface area contributed by atoms with E-state index in [1.54, 1.807) is 25.1 Å². The number of hydrogen-bond acceptors (Lipinski definition) is 20. The van der Waals surface area contributed by atoms with E-state index in [1.807, 2.05) is 0 Å². The monoisotopic (exact) mass is 969 g/mol. The topological polar surface area (TPSA) is 330 Å². The van der Waals surface area contributed by atoms with Gasteiger partial charge < -0.3 is 73.9 Å². The highest BCUT2D eigenvalue weighted by molar-refractivity contribution is 7.90. The van der Waals surface area contributed by atoms with Crippen molar-refractivity contribution >= 4 is 50.4 Å². The number of anilines is 1. The Bertz CT molecular complexity index is 2870. The number of carbonyl (C=O) groups is 4. The molecule has 25 heteroatoms. The summed E-state index contributed by atoms with van der Waals surface area (Å²) in [6.45, 7) is -0.465. The van der Waals surface area contributed by atoms with Gasteiger partial charge in [0.15, 0.2) is 23.2 Å². The molecule has 8 rings (SSSR count). The molecule has 0 aliphatic carbocycles. The molecule has 24 nitrogen and oxygen atoms in total. The van der Waals surface area contributed by atoms with Crippen molar-refractivity contribution in [3.63, 3.8) is 0 Å². The number of fused-ring (bicyclic) bond motifs is 6. The summed E-state index contributed by atoms with van der Waals surface area (Å²) in [5, 5.41) is 57.5. The summed E-state index contributed by atoms with van der Waals surface area (Å²) < 4.78 is 65.2. The predicted octanol–water partition coefficient (Wildman–Crippen LogP) is -0.605. The van der Waals surface area contributed by atoms with Crippen molar-refractivity contribution in [1.29, 1.82) is 0 Å². The molecular formula is C43H47N5O19S. The minimum Gasteiger partial charge on any atom is -0.479 e. The van der Waals surface area contributed by atoms with Gasteiger partial charge in [-0.05, 0) is 48.9 Å². The van der Waals surface area contributed by atoms with Crippen LogP contribution >= 0.6 is 0 Å².